The third-order valence-corrected chi connectivity index (χ3v) is 7.56. The summed E-state index contributed by atoms with van der Waals surface area (Å²) < 4.78 is 0. The zero-order valence-corrected chi connectivity index (χ0v) is 25.1. The molecule has 4 N–H and O–H groups in total. The lowest BCUT2D eigenvalue weighted by atomic mass is 10.0. The highest BCUT2D eigenvalue weighted by Crippen LogP contribution is 2.13. The molecule has 38 heavy (non-hydrogen) atoms. The Balaban J connectivity index is 3.85. The number of carbonyl (C=O) groups excluding carboxylic acids is 3. The molecule has 0 unspecified atom stereocenters. The van der Waals surface area contributed by atoms with E-state index in [1.54, 1.807) is 13.3 Å². The number of aliphatic carboxylic acids is 1. The summed E-state index contributed by atoms with van der Waals surface area (Å²) in [6.07, 6.45) is 20.4. The normalized spacial score (nSPS) is 12.6. The highest BCUT2D eigenvalue weighted by Gasteiger charge is 2.21. The quantitative estimate of drug-likeness (QED) is 0.102. The molecule has 8 nitrogen and oxygen atoms in total. The van der Waals surface area contributed by atoms with E-state index >= 15 is 0 Å². The van der Waals surface area contributed by atoms with Gasteiger partial charge in [0.25, 0.3) is 0 Å². The molecule has 2 amide bonds. The maximum atomic E-state index is 12.2. The Labute approximate surface area is 235 Å². The third kappa shape index (κ3) is 21.3. The number of thioether (sulfide) groups is 1. The highest BCUT2D eigenvalue weighted by atomic mass is 32.2. The molecule has 0 aliphatic heterocycles. The van der Waals surface area contributed by atoms with Crippen LogP contribution < -0.4 is 16.0 Å². The Bertz CT molecular complexity index is 648. The molecule has 0 spiro atoms. The van der Waals surface area contributed by atoms with Gasteiger partial charge in [-0.15, -0.1) is 0 Å². The van der Waals surface area contributed by atoms with Crippen molar-refractivity contribution in [3.63, 3.8) is 0 Å². The lowest BCUT2D eigenvalue weighted by Crippen LogP contribution is -2.41. The number of rotatable bonds is 26. The first-order chi connectivity index (χ1) is 18.3. The van der Waals surface area contributed by atoms with Gasteiger partial charge in [-0.2, -0.15) is 0 Å². The van der Waals surface area contributed by atoms with Crippen molar-refractivity contribution >= 4 is 34.7 Å². The first-order valence-corrected chi connectivity index (χ1v) is 16.1. The fraction of sp³-hybridized carbons (Fsp3) is 0.862. The SMILES string of the molecule is CCCCCCCCCCCCCCCC(=O)N[C@@H](CCC(=O)NCCCC[C@H](NC)C(=O)SC)C(=O)O. The molecule has 0 aromatic heterocycles. The largest absolute Gasteiger partial charge is 0.480 e. The fourth-order valence-electron chi connectivity index (χ4n) is 4.41. The molecular weight excluding hydrogens is 502 g/mol. The highest BCUT2D eigenvalue weighted by molar-refractivity contribution is 8.13. The van der Waals surface area contributed by atoms with Crippen molar-refractivity contribution in [3.05, 3.63) is 0 Å². The van der Waals surface area contributed by atoms with Gasteiger partial charge in [0.1, 0.15) is 6.04 Å². The minimum absolute atomic E-state index is 0.0418. The summed E-state index contributed by atoms with van der Waals surface area (Å²) in [6, 6.07) is -1.23. The van der Waals surface area contributed by atoms with E-state index in [4.69, 9.17) is 0 Å². The number of carboxylic acids is 1. The lowest BCUT2D eigenvalue weighted by molar-refractivity contribution is -0.142. The second kappa shape index (κ2) is 25.7. The molecule has 222 valence electrons. The Morgan fingerprint density at radius 2 is 1.24 bits per heavy atom. The maximum absolute atomic E-state index is 12.2. The second-order valence-electron chi connectivity index (χ2n) is 10.2. The zero-order valence-electron chi connectivity index (χ0n) is 24.3. The van der Waals surface area contributed by atoms with Crippen molar-refractivity contribution < 1.29 is 24.3 Å². The van der Waals surface area contributed by atoms with E-state index in [0.29, 0.717) is 19.4 Å². The molecule has 0 aliphatic rings. The van der Waals surface area contributed by atoms with E-state index in [9.17, 15) is 24.3 Å². The number of amides is 2. The van der Waals surface area contributed by atoms with Crippen molar-refractivity contribution in [1.82, 2.24) is 16.0 Å². The Kier molecular flexibility index (Phi) is 24.6. The van der Waals surface area contributed by atoms with Gasteiger partial charge in [0.05, 0.1) is 6.04 Å². The van der Waals surface area contributed by atoms with Crippen molar-refractivity contribution in [2.75, 3.05) is 19.8 Å². The molecule has 0 rings (SSSR count). The first-order valence-electron chi connectivity index (χ1n) is 14.9. The molecule has 9 heteroatoms. The molecular formula is C29H55N3O5S. The number of likely N-dealkylation sites (N-methyl/N-ethyl adjacent to an activating group) is 1. The van der Waals surface area contributed by atoms with Gasteiger partial charge in [0.2, 0.25) is 16.9 Å². The fourth-order valence-corrected chi connectivity index (χ4v) is 4.93. The first kappa shape index (κ1) is 36.4. The average Bonchev–Trinajstić information content (AvgIpc) is 2.90. The summed E-state index contributed by atoms with van der Waals surface area (Å²) in [7, 11) is 1.76. The van der Waals surface area contributed by atoms with Crippen LogP contribution in [0.4, 0.5) is 0 Å². The van der Waals surface area contributed by atoms with Crippen molar-refractivity contribution in [2.45, 2.75) is 141 Å². The zero-order chi connectivity index (χ0) is 28.4. The van der Waals surface area contributed by atoms with Crippen molar-refractivity contribution in [3.8, 4) is 0 Å². The number of nitrogens with one attached hydrogen (secondary N) is 3. The molecule has 2 atom stereocenters. The maximum Gasteiger partial charge on any atom is 0.326 e. The third-order valence-electron chi connectivity index (χ3n) is 6.88. The molecule has 0 saturated heterocycles. The molecule has 0 saturated carbocycles. The Morgan fingerprint density at radius 1 is 0.684 bits per heavy atom. The van der Waals surface area contributed by atoms with Gasteiger partial charge in [-0.25, -0.2) is 4.79 Å². The van der Waals surface area contributed by atoms with Gasteiger partial charge < -0.3 is 21.1 Å². The number of carboxylic acid groups (broad SMARTS) is 1. The van der Waals surface area contributed by atoms with Crippen LogP contribution in [0.15, 0.2) is 0 Å². The van der Waals surface area contributed by atoms with E-state index in [1.807, 2.05) is 0 Å². The number of carbonyl (C=O) groups is 4. The van der Waals surface area contributed by atoms with Gasteiger partial charge in [-0.3, -0.25) is 14.4 Å². The van der Waals surface area contributed by atoms with E-state index in [1.165, 1.54) is 76.0 Å². The number of hydrogen-bond donors (Lipinski definition) is 4. The van der Waals surface area contributed by atoms with E-state index in [2.05, 4.69) is 22.9 Å². The van der Waals surface area contributed by atoms with Crippen LogP contribution in [-0.4, -0.2) is 59.9 Å². The summed E-state index contributed by atoms with van der Waals surface area (Å²) in [4.78, 5) is 47.5. The average molecular weight is 558 g/mol. The summed E-state index contributed by atoms with van der Waals surface area (Å²) in [6.45, 7) is 2.72. The van der Waals surface area contributed by atoms with Gasteiger partial charge >= 0.3 is 5.97 Å². The van der Waals surface area contributed by atoms with Crippen molar-refractivity contribution in [2.24, 2.45) is 0 Å². The molecule has 0 fully saturated rings. The van der Waals surface area contributed by atoms with Crippen LogP contribution in [-0.2, 0) is 19.2 Å². The van der Waals surface area contributed by atoms with Crippen LogP contribution in [0.2, 0.25) is 0 Å². The summed E-state index contributed by atoms with van der Waals surface area (Å²) in [5.74, 6) is -1.61. The van der Waals surface area contributed by atoms with Crippen LogP contribution in [0.5, 0.6) is 0 Å². The van der Waals surface area contributed by atoms with Crippen molar-refractivity contribution in [1.29, 1.82) is 0 Å². The van der Waals surface area contributed by atoms with E-state index < -0.39 is 12.0 Å². The van der Waals surface area contributed by atoms with Gasteiger partial charge in [-0.05, 0) is 45.4 Å². The molecule has 0 aliphatic carbocycles. The Hall–Kier alpha value is -1.61. The molecule has 0 bridgehead atoms. The molecule has 0 heterocycles. The van der Waals surface area contributed by atoms with Gasteiger partial charge in [0, 0.05) is 19.4 Å². The van der Waals surface area contributed by atoms with Crippen LogP contribution in [0, 0.1) is 0 Å². The second-order valence-corrected chi connectivity index (χ2v) is 11.0. The lowest BCUT2D eigenvalue weighted by Gasteiger charge is -2.15. The van der Waals surface area contributed by atoms with Crippen LogP contribution in [0.3, 0.4) is 0 Å². The van der Waals surface area contributed by atoms with Gasteiger partial charge in [-0.1, -0.05) is 95.7 Å². The van der Waals surface area contributed by atoms with Crippen LogP contribution in [0.25, 0.3) is 0 Å². The summed E-state index contributed by atoms with van der Waals surface area (Å²) in [5.41, 5.74) is 0. The summed E-state index contributed by atoms with van der Waals surface area (Å²) >= 11 is 1.20. The van der Waals surface area contributed by atoms with E-state index in [0.717, 1.165) is 32.1 Å². The van der Waals surface area contributed by atoms with Gasteiger partial charge in [0.15, 0.2) is 0 Å². The molecule has 0 aromatic carbocycles. The van der Waals surface area contributed by atoms with Crippen LogP contribution in [0.1, 0.15) is 129 Å². The standard InChI is InChI=1S/C29H55N3O5S/c1-4-5-6-7-8-9-10-11-12-13-14-15-16-20-27(34)32-24(28(35)36)21-22-26(33)31-23-18-17-19-25(30-2)29(37)38-3/h24-25,30H,4-23H2,1-3H3,(H,31,33)(H,32,34)(H,35,36)/t24-,25-/m0/s1. The number of unbranched alkanes of at least 4 members (excludes halogenated alkanes) is 13. The molecule has 0 radical (unpaired) electrons. The smallest absolute Gasteiger partial charge is 0.326 e. The topological polar surface area (TPSA) is 125 Å². The summed E-state index contributed by atoms with van der Waals surface area (Å²) in [5, 5.41) is 17.9. The van der Waals surface area contributed by atoms with E-state index in [-0.39, 0.29) is 35.8 Å². The predicted octanol–water partition coefficient (Wildman–Crippen LogP) is 5.58. The Morgan fingerprint density at radius 3 is 1.74 bits per heavy atom. The minimum Gasteiger partial charge on any atom is -0.480 e. The predicted molar refractivity (Wildman–Crippen MR) is 157 cm³/mol. The number of hydrogen-bond acceptors (Lipinski definition) is 6. The molecule has 0 aromatic rings. The van der Waals surface area contributed by atoms with Crippen LogP contribution >= 0.6 is 11.8 Å². The monoisotopic (exact) mass is 557 g/mol. The minimum atomic E-state index is -1.12.